The van der Waals surface area contributed by atoms with E-state index >= 15 is 0 Å². The van der Waals surface area contributed by atoms with Crippen LogP contribution in [0, 0.1) is 5.41 Å². The van der Waals surface area contributed by atoms with E-state index in [1.54, 1.807) is 0 Å². The molecule has 1 aliphatic carbocycles. The van der Waals surface area contributed by atoms with Crippen molar-refractivity contribution in [2.75, 3.05) is 26.2 Å². The van der Waals surface area contributed by atoms with Crippen LogP contribution in [-0.2, 0) is 4.74 Å². The summed E-state index contributed by atoms with van der Waals surface area (Å²) in [6.07, 6.45) is 3.56. The van der Waals surface area contributed by atoms with Gasteiger partial charge >= 0.3 is 0 Å². The van der Waals surface area contributed by atoms with Gasteiger partial charge in [0.1, 0.15) is 0 Å². The van der Waals surface area contributed by atoms with Gasteiger partial charge in [0.05, 0.1) is 12.2 Å². The lowest BCUT2D eigenvalue weighted by molar-refractivity contribution is -0.129. The lowest BCUT2D eigenvalue weighted by atomic mass is 9.62. The molecular weight excluding hydrogens is 190 g/mol. The number of likely N-dealkylation sites (tertiary alicyclic amines) is 1. The van der Waals surface area contributed by atoms with Crippen LogP contribution in [0.4, 0.5) is 0 Å². The quantitative estimate of drug-likeness (QED) is 0.698. The van der Waals surface area contributed by atoms with Crippen LogP contribution < -0.4 is 0 Å². The number of ether oxygens (including phenoxy) is 1. The molecule has 0 amide bonds. The fraction of sp³-hybridized carbons (Fsp3) is 1.00. The van der Waals surface area contributed by atoms with Crippen molar-refractivity contribution in [2.45, 2.75) is 45.3 Å². The van der Waals surface area contributed by atoms with Gasteiger partial charge in [-0.15, -0.1) is 0 Å². The van der Waals surface area contributed by atoms with E-state index in [-0.39, 0.29) is 6.10 Å². The topological polar surface area (TPSA) is 32.7 Å². The average Bonchev–Trinajstić information content (AvgIpc) is 2.04. The van der Waals surface area contributed by atoms with E-state index in [0.29, 0.717) is 11.5 Å². The fourth-order valence-electron chi connectivity index (χ4n) is 2.87. The summed E-state index contributed by atoms with van der Waals surface area (Å²) in [6, 6.07) is 0. The number of rotatable bonds is 5. The summed E-state index contributed by atoms with van der Waals surface area (Å²) < 4.78 is 5.50. The van der Waals surface area contributed by atoms with E-state index in [9.17, 15) is 5.11 Å². The van der Waals surface area contributed by atoms with Crippen molar-refractivity contribution in [2.24, 2.45) is 5.41 Å². The first-order chi connectivity index (χ1) is 7.10. The second kappa shape index (κ2) is 4.40. The van der Waals surface area contributed by atoms with Crippen LogP contribution in [0.15, 0.2) is 0 Å². The van der Waals surface area contributed by atoms with E-state index < -0.39 is 0 Å². The van der Waals surface area contributed by atoms with Gasteiger partial charge < -0.3 is 14.7 Å². The van der Waals surface area contributed by atoms with Gasteiger partial charge in [-0.05, 0) is 33.1 Å². The highest BCUT2D eigenvalue weighted by Gasteiger charge is 2.51. The Balaban J connectivity index is 1.49. The molecule has 2 rings (SSSR count). The molecule has 2 aliphatic rings. The van der Waals surface area contributed by atoms with Crippen molar-refractivity contribution in [3.05, 3.63) is 0 Å². The van der Waals surface area contributed by atoms with Crippen molar-refractivity contribution in [3.63, 3.8) is 0 Å². The van der Waals surface area contributed by atoms with Gasteiger partial charge in [0.25, 0.3) is 0 Å². The minimum atomic E-state index is -0.00331. The van der Waals surface area contributed by atoms with Crippen molar-refractivity contribution in [3.8, 4) is 0 Å². The van der Waals surface area contributed by atoms with Gasteiger partial charge in [0, 0.05) is 31.7 Å². The first-order valence-corrected chi connectivity index (χ1v) is 6.12. The Labute approximate surface area is 92.4 Å². The van der Waals surface area contributed by atoms with E-state index in [1.165, 1.54) is 13.1 Å². The van der Waals surface area contributed by atoms with Crippen molar-refractivity contribution >= 4 is 0 Å². The summed E-state index contributed by atoms with van der Waals surface area (Å²) in [5, 5.41) is 9.27. The standard InChI is InChI=1S/C12H23NO2/c1-10(2)15-5-3-4-13-8-12(9-13)6-11(14)7-12/h10-11,14H,3-9H2,1-2H3. The lowest BCUT2D eigenvalue weighted by Crippen LogP contribution is -2.63. The maximum Gasteiger partial charge on any atom is 0.0552 e. The Kier molecular flexibility index (Phi) is 3.33. The molecule has 1 N–H and O–H groups in total. The molecule has 15 heavy (non-hydrogen) atoms. The molecular formula is C12H23NO2. The third kappa shape index (κ3) is 2.71. The molecule has 88 valence electrons. The second-order valence-electron chi connectivity index (χ2n) is 5.55. The van der Waals surface area contributed by atoms with Crippen LogP contribution in [0.5, 0.6) is 0 Å². The molecule has 0 atom stereocenters. The third-order valence-electron chi connectivity index (χ3n) is 3.53. The molecule has 0 aromatic heterocycles. The minimum absolute atomic E-state index is 0.00331. The van der Waals surface area contributed by atoms with Crippen molar-refractivity contribution < 1.29 is 9.84 Å². The Morgan fingerprint density at radius 2 is 2.07 bits per heavy atom. The highest BCUT2D eigenvalue weighted by atomic mass is 16.5. The summed E-state index contributed by atoms with van der Waals surface area (Å²) in [4.78, 5) is 2.48. The zero-order valence-corrected chi connectivity index (χ0v) is 9.91. The molecule has 3 nitrogen and oxygen atoms in total. The Hall–Kier alpha value is -0.120. The SMILES string of the molecule is CC(C)OCCCN1CC2(CC(O)C2)C1. The molecule has 0 radical (unpaired) electrons. The third-order valence-corrected chi connectivity index (χ3v) is 3.53. The maximum absolute atomic E-state index is 9.27. The summed E-state index contributed by atoms with van der Waals surface area (Å²) >= 11 is 0. The van der Waals surface area contributed by atoms with Gasteiger partial charge in [-0.3, -0.25) is 0 Å². The van der Waals surface area contributed by atoms with Gasteiger partial charge in [-0.1, -0.05) is 0 Å². The normalized spacial score (nSPS) is 25.6. The molecule has 1 spiro atoms. The van der Waals surface area contributed by atoms with Gasteiger partial charge in [-0.2, -0.15) is 0 Å². The predicted octanol–water partition coefficient (Wildman–Crippen LogP) is 1.26. The summed E-state index contributed by atoms with van der Waals surface area (Å²) in [5.41, 5.74) is 0.512. The van der Waals surface area contributed by atoms with Crippen LogP contribution in [0.25, 0.3) is 0 Å². The molecule has 1 saturated carbocycles. The van der Waals surface area contributed by atoms with E-state index in [4.69, 9.17) is 4.74 Å². The second-order valence-corrected chi connectivity index (χ2v) is 5.55. The molecule has 3 heteroatoms. The number of nitrogens with zero attached hydrogens (tertiary/aromatic N) is 1. The zero-order valence-electron chi connectivity index (χ0n) is 9.91. The van der Waals surface area contributed by atoms with Crippen LogP contribution in [0.3, 0.4) is 0 Å². The first kappa shape index (κ1) is 11.4. The molecule has 0 aromatic carbocycles. The molecule has 0 unspecified atom stereocenters. The van der Waals surface area contributed by atoms with E-state index in [2.05, 4.69) is 18.7 Å². The van der Waals surface area contributed by atoms with Crippen LogP contribution >= 0.6 is 0 Å². The van der Waals surface area contributed by atoms with Crippen molar-refractivity contribution in [1.82, 2.24) is 4.90 Å². The van der Waals surface area contributed by atoms with Crippen LogP contribution in [-0.4, -0.2) is 48.5 Å². The predicted molar refractivity (Wildman–Crippen MR) is 59.8 cm³/mol. The monoisotopic (exact) mass is 213 g/mol. The van der Waals surface area contributed by atoms with Gasteiger partial charge in [0.2, 0.25) is 0 Å². The number of aliphatic hydroxyl groups is 1. The highest BCUT2D eigenvalue weighted by Crippen LogP contribution is 2.48. The van der Waals surface area contributed by atoms with E-state index in [0.717, 1.165) is 32.4 Å². The maximum atomic E-state index is 9.27. The molecule has 2 fully saturated rings. The van der Waals surface area contributed by atoms with Gasteiger partial charge in [-0.25, -0.2) is 0 Å². The largest absolute Gasteiger partial charge is 0.393 e. The van der Waals surface area contributed by atoms with Crippen LogP contribution in [0.1, 0.15) is 33.1 Å². The molecule has 1 saturated heterocycles. The first-order valence-electron chi connectivity index (χ1n) is 6.12. The van der Waals surface area contributed by atoms with Crippen molar-refractivity contribution in [1.29, 1.82) is 0 Å². The molecule has 0 aromatic rings. The number of aliphatic hydroxyl groups excluding tert-OH is 1. The van der Waals surface area contributed by atoms with Gasteiger partial charge in [0.15, 0.2) is 0 Å². The molecule has 1 aliphatic heterocycles. The summed E-state index contributed by atoms with van der Waals surface area (Å²) in [7, 11) is 0. The van der Waals surface area contributed by atoms with Crippen LogP contribution in [0.2, 0.25) is 0 Å². The zero-order chi connectivity index (χ0) is 10.9. The Morgan fingerprint density at radius 3 is 2.60 bits per heavy atom. The lowest BCUT2D eigenvalue weighted by Gasteiger charge is -2.58. The summed E-state index contributed by atoms with van der Waals surface area (Å²) in [6.45, 7) is 8.59. The van der Waals surface area contributed by atoms with E-state index in [1.807, 2.05) is 0 Å². The fourth-order valence-corrected chi connectivity index (χ4v) is 2.87. The smallest absolute Gasteiger partial charge is 0.0552 e. The Morgan fingerprint density at radius 1 is 1.40 bits per heavy atom. The highest BCUT2D eigenvalue weighted by molar-refractivity contribution is 5.04. The average molecular weight is 213 g/mol. The summed E-state index contributed by atoms with van der Waals surface area (Å²) in [5.74, 6) is 0. The number of hydrogen-bond donors (Lipinski definition) is 1. The molecule has 1 heterocycles. The number of hydrogen-bond acceptors (Lipinski definition) is 3. The minimum Gasteiger partial charge on any atom is -0.393 e. The Bertz CT molecular complexity index is 204. The molecule has 0 bridgehead atoms.